The van der Waals surface area contributed by atoms with E-state index >= 15 is 0 Å². The number of amides is 1. The zero-order chi connectivity index (χ0) is 17.6. The Hall–Kier alpha value is -2.41. The SMILES string of the molecule is CCCn1nc(C(=O)NCC(c2ccco2)N2CCCC2)ccc1=O. The summed E-state index contributed by atoms with van der Waals surface area (Å²) in [4.78, 5) is 26.5. The van der Waals surface area contributed by atoms with Crippen LogP contribution >= 0.6 is 0 Å². The third kappa shape index (κ3) is 4.17. The van der Waals surface area contributed by atoms with Gasteiger partial charge in [0.1, 0.15) is 11.5 Å². The zero-order valence-corrected chi connectivity index (χ0v) is 14.5. The van der Waals surface area contributed by atoms with Crippen molar-refractivity contribution in [1.82, 2.24) is 20.0 Å². The van der Waals surface area contributed by atoms with Crippen LogP contribution in [0.5, 0.6) is 0 Å². The summed E-state index contributed by atoms with van der Waals surface area (Å²) in [5.74, 6) is 0.576. The highest BCUT2D eigenvalue weighted by Crippen LogP contribution is 2.24. The summed E-state index contributed by atoms with van der Waals surface area (Å²) in [6.45, 7) is 4.91. The van der Waals surface area contributed by atoms with Gasteiger partial charge in [-0.05, 0) is 50.6 Å². The Labute approximate surface area is 146 Å². The lowest BCUT2D eigenvalue weighted by molar-refractivity contribution is 0.0926. The molecule has 7 heteroatoms. The molecule has 1 aliphatic rings. The molecule has 0 bridgehead atoms. The Morgan fingerprint density at radius 3 is 2.80 bits per heavy atom. The lowest BCUT2D eigenvalue weighted by atomic mass is 10.2. The van der Waals surface area contributed by atoms with Crippen LogP contribution in [0.15, 0.2) is 39.7 Å². The van der Waals surface area contributed by atoms with Crippen molar-refractivity contribution in [3.05, 3.63) is 52.3 Å². The third-order valence-corrected chi connectivity index (χ3v) is 4.44. The lowest BCUT2D eigenvalue weighted by Gasteiger charge is -2.25. The first-order chi connectivity index (χ1) is 12.2. The second-order valence-corrected chi connectivity index (χ2v) is 6.26. The van der Waals surface area contributed by atoms with Gasteiger partial charge in [0.05, 0.1) is 12.3 Å². The van der Waals surface area contributed by atoms with Gasteiger partial charge in [0.2, 0.25) is 0 Å². The van der Waals surface area contributed by atoms with Crippen LogP contribution in [0.25, 0.3) is 0 Å². The predicted molar refractivity (Wildman–Crippen MR) is 93.4 cm³/mol. The third-order valence-electron chi connectivity index (χ3n) is 4.44. The molecule has 1 N–H and O–H groups in total. The van der Waals surface area contributed by atoms with Gasteiger partial charge < -0.3 is 9.73 Å². The van der Waals surface area contributed by atoms with Crippen molar-refractivity contribution in [2.75, 3.05) is 19.6 Å². The van der Waals surface area contributed by atoms with Crippen LogP contribution < -0.4 is 10.9 Å². The van der Waals surface area contributed by atoms with Crippen molar-refractivity contribution in [1.29, 1.82) is 0 Å². The fraction of sp³-hybridized carbons (Fsp3) is 0.500. The van der Waals surface area contributed by atoms with E-state index in [1.807, 2.05) is 19.1 Å². The molecule has 0 aliphatic carbocycles. The highest BCUT2D eigenvalue weighted by molar-refractivity contribution is 5.92. The van der Waals surface area contributed by atoms with Crippen LogP contribution in [0.4, 0.5) is 0 Å². The zero-order valence-electron chi connectivity index (χ0n) is 14.5. The molecule has 0 saturated carbocycles. The van der Waals surface area contributed by atoms with Crippen LogP contribution in [0.2, 0.25) is 0 Å². The Morgan fingerprint density at radius 1 is 1.32 bits per heavy atom. The molecular formula is C18H24N4O3. The maximum atomic E-state index is 12.5. The molecule has 25 heavy (non-hydrogen) atoms. The number of rotatable bonds is 7. The summed E-state index contributed by atoms with van der Waals surface area (Å²) in [7, 11) is 0. The monoisotopic (exact) mass is 344 g/mol. The van der Waals surface area contributed by atoms with Crippen LogP contribution in [0.1, 0.15) is 48.5 Å². The summed E-state index contributed by atoms with van der Waals surface area (Å²) >= 11 is 0. The molecule has 1 unspecified atom stereocenters. The summed E-state index contributed by atoms with van der Waals surface area (Å²) in [6.07, 6.45) is 4.76. The van der Waals surface area contributed by atoms with Crippen molar-refractivity contribution in [3.8, 4) is 0 Å². The second-order valence-electron chi connectivity index (χ2n) is 6.26. The summed E-state index contributed by atoms with van der Waals surface area (Å²) in [5, 5.41) is 7.09. The number of hydrogen-bond donors (Lipinski definition) is 1. The topological polar surface area (TPSA) is 80.4 Å². The van der Waals surface area contributed by atoms with Crippen LogP contribution in [-0.2, 0) is 6.54 Å². The van der Waals surface area contributed by atoms with Crippen molar-refractivity contribution in [3.63, 3.8) is 0 Å². The molecule has 3 heterocycles. The molecule has 1 fully saturated rings. The number of aryl methyl sites for hydroxylation is 1. The molecule has 1 saturated heterocycles. The predicted octanol–water partition coefficient (Wildman–Crippen LogP) is 1.81. The summed E-state index contributed by atoms with van der Waals surface area (Å²) in [6, 6.07) is 6.68. The number of carbonyl (C=O) groups is 1. The molecule has 3 rings (SSSR count). The van der Waals surface area contributed by atoms with Gasteiger partial charge in [0.25, 0.3) is 11.5 Å². The maximum Gasteiger partial charge on any atom is 0.271 e. The number of nitrogens with zero attached hydrogens (tertiary/aromatic N) is 3. The van der Waals surface area contributed by atoms with E-state index in [1.54, 1.807) is 6.26 Å². The van der Waals surface area contributed by atoms with Crippen LogP contribution in [-0.4, -0.2) is 40.2 Å². The Balaban J connectivity index is 1.69. The molecule has 1 amide bonds. The first kappa shape index (κ1) is 17.4. The molecule has 134 valence electrons. The van der Waals surface area contributed by atoms with E-state index in [9.17, 15) is 9.59 Å². The highest BCUT2D eigenvalue weighted by Gasteiger charge is 2.26. The smallest absolute Gasteiger partial charge is 0.271 e. The number of furan rings is 1. The van der Waals surface area contributed by atoms with Gasteiger partial charge in [-0.25, -0.2) is 4.68 Å². The van der Waals surface area contributed by atoms with Gasteiger partial charge in [0.15, 0.2) is 0 Å². The fourth-order valence-electron chi connectivity index (χ4n) is 3.17. The van der Waals surface area contributed by atoms with E-state index in [0.29, 0.717) is 13.1 Å². The minimum Gasteiger partial charge on any atom is -0.468 e. The van der Waals surface area contributed by atoms with Gasteiger partial charge in [-0.2, -0.15) is 5.10 Å². The highest BCUT2D eigenvalue weighted by atomic mass is 16.3. The Morgan fingerprint density at radius 2 is 2.12 bits per heavy atom. The Bertz CT molecular complexity index is 748. The quantitative estimate of drug-likeness (QED) is 0.829. The largest absolute Gasteiger partial charge is 0.468 e. The van der Waals surface area contributed by atoms with Crippen molar-refractivity contribution >= 4 is 5.91 Å². The van der Waals surface area contributed by atoms with Gasteiger partial charge in [0, 0.05) is 19.2 Å². The van der Waals surface area contributed by atoms with E-state index in [-0.39, 0.29) is 23.2 Å². The second kappa shape index (κ2) is 8.11. The molecular weight excluding hydrogens is 320 g/mol. The van der Waals surface area contributed by atoms with E-state index < -0.39 is 0 Å². The molecule has 2 aromatic rings. The fourth-order valence-corrected chi connectivity index (χ4v) is 3.17. The number of carbonyl (C=O) groups excluding carboxylic acids is 1. The van der Waals surface area contributed by atoms with Crippen molar-refractivity contribution in [2.45, 2.75) is 38.8 Å². The molecule has 0 radical (unpaired) electrons. The summed E-state index contributed by atoms with van der Waals surface area (Å²) < 4.78 is 6.89. The van der Waals surface area contributed by atoms with Crippen LogP contribution in [0.3, 0.4) is 0 Å². The van der Waals surface area contributed by atoms with Crippen molar-refractivity contribution < 1.29 is 9.21 Å². The standard InChI is InChI=1S/C18H24N4O3/c1-2-9-22-17(23)8-7-14(20-22)18(24)19-13-15(16-6-5-12-25-16)21-10-3-4-11-21/h5-8,12,15H,2-4,9-11,13H2,1H3,(H,19,24). The molecule has 0 spiro atoms. The minimum atomic E-state index is -0.277. The van der Waals surface area contributed by atoms with E-state index in [1.165, 1.54) is 16.8 Å². The van der Waals surface area contributed by atoms with Gasteiger partial charge in [-0.15, -0.1) is 0 Å². The van der Waals surface area contributed by atoms with Gasteiger partial charge >= 0.3 is 0 Å². The van der Waals surface area contributed by atoms with E-state index in [2.05, 4.69) is 15.3 Å². The van der Waals surface area contributed by atoms with Crippen LogP contribution in [0, 0.1) is 0 Å². The maximum absolute atomic E-state index is 12.5. The molecule has 1 aliphatic heterocycles. The number of likely N-dealkylation sites (tertiary alicyclic amines) is 1. The number of nitrogens with one attached hydrogen (secondary N) is 1. The molecule has 2 aromatic heterocycles. The summed E-state index contributed by atoms with van der Waals surface area (Å²) in [5.41, 5.74) is 0.0663. The first-order valence-electron chi connectivity index (χ1n) is 8.83. The van der Waals surface area contributed by atoms with E-state index in [0.717, 1.165) is 38.1 Å². The lowest BCUT2D eigenvalue weighted by Crippen LogP contribution is -2.37. The van der Waals surface area contributed by atoms with E-state index in [4.69, 9.17) is 4.42 Å². The number of hydrogen-bond acceptors (Lipinski definition) is 5. The van der Waals surface area contributed by atoms with Gasteiger partial charge in [-0.3, -0.25) is 14.5 Å². The average molecular weight is 344 g/mol. The number of aromatic nitrogens is 2. The van der Waals surface area contributed by atoms with Gasteiger partial charge in [-0.1, -0.05) is 6.92 Å². The Kier molecular flexibility index (Phi) is 5.65. The first-order valence-corrected chi connectivity index (χ1v) is 8.83. The van der Waals surface area contributed by atoms with Crippen molar-refractivity contribution in [2.24, 2.45) is 0 Å². The molecule has 1 atom stereocenters. The molecule has 0 aromatic carbocycles. The minimum absolute atomic E-state index is 0.0167. The normalized spacial score (nSPS) is 16.0. The average Bonchev–Trinajstić information content (AvgIpc) is 3.31. The molecule has 7 nitrogen and oxygen atoms in total.